The van der Waals surface area contributed by atoms with E-state index in [1.807, 2.05) is 91.0 Å². The lowest BCUT2D eigenvalue weighted by Gasteiger charge is -2.35. The molecule has 0 aliphatic carbocycles. The third-order valence-corrected chi connectivity index (χ3v) is 7.37. The fourth-order valence-corrected chi connectivity index (χ4v) is 5.66. The molecule has 39 heavy (non-hydrogen) atoms. The van der Waals surface area contributed by atoms with E-state index >= 15 is 0 Å². The van der Waals surface area contributed by atoms with Crippen LogP contribution in [-0.4, -0.2) is 39.0 Å². The van der Waals surface area contributed by atoms with Gasteiger partial charge in [0.2, 0.25) is 0 Å². The summed E-state index contributed by atoms with van der Waals surface area (Å²) < 4.78 is 16.9. The molecule has 1 amide bonds. The minimum atomic E-state index is -0.998. The number of hydrogen-bond donors (Lipinski definition) is 0. The number of anilines is 2. The highest BCUT2D eigenvalue weighted by Gasteiger charge is 2.65. The topological polar surface area (TPSA) is 63.7 Å². The second-order valence-corrected chi connectivity index (χ2v) is 9.32. The highest BCUT2D eigenvalue weighted by Crippen LogP contribution is 2.55. The quantitative estimate of drug-likeness (QED) is 0.296. The van der Waals surface area contributed by atoms with Crippen molar-refractivity contribution in [1.29, 1.82) is 0 Å². The Kier molecular flexibility index (Phi) is 6.24. The minimum Gasteiger partial charge on any atom is -0.497 e. The van der Waals surface area contributed by atoms with Crippen LogP contribution in [-0.2, 0) is 10.5 Å². The second-order valence-electron chi connectivity index (χ2n) is 9.32. The van der Waals surface area contributed by atoms with Gasteiger partial charge in [-0.05, 0) is 48.0 Å². The van der Waals surface area contributed by atoms with Crippen molar-refractivity contribution in [2.45, 2.75) is 11.8 Å². The summed E-state index contributed by atoms with van der Waals surface area (Å²) in [6.45, 7) is 0.420. The van der Waals surface area contributed by atoms with Gasteiger partial charge in [0.1, 0.15) is 11.9 Å². The van der Waals surface area contributed by atoms with Crippen LogP contribution in [0.5, 0.6) is 17.2 Å². The zero-order chi connectivity index (χ0) is 27.0. The van der Waals surface area contributed by atoms with Crippen LogP contribution in [0, 0.1) is 0 Å². The Hall–Kier alpha value is -4.69. The normalized spacial score (nSPS) is 20.5. The lowest BCUT2D eigenvalue weighted by atomic mass is 9.97. The Morgan fingerprint density at radius 3 is 2.08 bits per heavy atom. The van der Waals surface area contributed by atoms with E-state index in [-0.39, 0.29) is 0 Å². The highest BCUT2D eigenvalue weighted by molar-refractivity contribution is 5.92. The first-order valence-electron chi connectivity index (χ1n) is 12.7. The SMILES string of the molecule is COc1ccc(N2C(=O)ON3[C@@H](c4cccc(OC)c4OC)N(c4ccccc4)C[C@]23c2ccccc2)cc1. The summed E-state index contributed by atoms with van der Waals surface area (Å²) in [5.41, 5.74) is 2.39. The number of hydroxylamine groups is 2. The fraction of sp³-hybridized carbons (Fsp3) is 0.194. The van der Waals surface area contributed by atoms with Crippen molar-refractivity contribution in [3.8, 4) is 17.2 Å². The summed E-state index contributed by atoms with van der Waals surface area (Å²) in [5, 5.41) is 1.79. The first kappa shape index (κ1) is 24.6. The third-order valence-electron chi connectivity index (χ3n) is 7.37. The number of amides is 1. The molecule has 2 aliphatic heterocycles. The molecule has 198 valence electrons. The molecular formula is C31H29N3O5. The standard InChI is InChI=1S/C31H29N3O5/c1-36-25-19-17-24(18-20-25)33-30(35)39-34-29(26-15-10-16-27(37-2)28(26)38-3)32(23-13-8-5-9-14-23)21-31(33,34)22-11-6-4-7-12-22/h4-20,29H,21H2,1-3H3/t29-,31-/m0/s1. The van der Waals surface area contributed by atoms with Crippen LogP contribution in [0.4, 0.5) is 16.2 Å². The van der Waals surface area contributed by atoms with Crippen molar-refractivity contribution in [1.82, 2.24) is 5.06 Å². The van der Waals surface area contributed by atoms with Gasteiger partial charge < -0.3 is 23.9 Å². The second kappa shape index (κ2) is 9.89. The molecule has 2 saturated heterocycles. The number of rotatable bonds is 7. The number of nitrogens with zero attached hydrogens (tertiary/aromatic N) is 3. The predicted molar refractivity (Wildman–Crippen MR) is 148 cm³/mol. The maximum absolute atomic E-state index is 13.8. The van der Waals surface area contributed by atoms with Gasteiger partial charge in [-0.3, -0.25) is 0 Å². The van der Waals surface area contributed by atoms with Gasteiger partial charge >= 0.3 is 6.09 Å². The molecule has 0 saturated carbocycles. The lowest BCUT2D eigenvalue weighted by Crippen LogP contribution is -2.51. The molecule has 0 aromatic heterocycles. The largest absolute Gasteiger partial charge is 0.497 e. The average Bonchev–Trinajstić information content (AvgIpc) is 3.47. The third kappa shape index (κ3) is 3.83. The Morgan fingerprint density at radius 2 is 1.44 bits per heavy atom. The first-order chi connectivity index (χ1) is 19.1. The van der Waals surface area contributed by atoms with Gasteiger partial charge in [-0.25, -0.2) is 9.69 Å². The van der Waals surface area contributed by atoms with Crippen molar-refractivity contribution in [2.75, 3.05) is 37.7 Å². The number of methoxy groups -OCH3 is 3. The highest BCUT2D eigenvalue weighted by atomic mass is 16.8. The molecule has 2 atom stereocenters. The van der Waals surface area contributed by atoms with Gasteiger partial charge in [0.25, 0.3) is 0 Å². The molecule has 4 aromatic rings. The van der Waals surface area contributed by atoms with Gasteiger partial charge in [-0.1, -0.05) is 65.7 Å². The van der Waals surface area contributed by atoms with Crippen LogP contribution < -0.4 is 24.0 Å². The van der Waals surface area contributed by atoms with Crippen LogP contribution >= 0.6 is 0 Å². The number of fused-ring (bicyclic) bond motifs is 1. The molecule has 2 fully saturated rings. The maximum Gasteiger partial charge on any atom is 0.435 e. The number of ether oxygens (including phenoxy) is 3. The number of benzene rings is 4. The Morgan fingerprint density at radius 1 is 0.744 bits per heavy atom. The molecule has 2 aliphatic rings. The number of hydrogen-bond acceptors (Lipinski definition) is 7. The Bertz CT molecular complexity index is 1470. The summed E-state index contributed by atoms with van der Waals surface area (Å²) in [6, 6.07) is 33.3. The Balaban J connectivity index is 1.60. The zero-order valence-corrected chi connectivity index (χ0v) is 22.0. The van der Waals surface area contributed by atoms with Gasteiger partial charge in [-0.2, -0.15) is 0 Å². The smallest absolute Gasteiger partial charge is 0.435 e. The minimum absolute atomic E-state index is 0.420. The molecular weight excluding hydrogens is 494 g/mol. The van der Waals surface area contributed by atoms with E-state index in [4.69, 9.17) is 19.0 Å². The molecule has 4 aromatic carbocycles. The molecule has 2 heterocycles. The molecule has 0 spiro atoms. The molecule has 8 heteroatoms. The van der Waals surface area contributed by atoms with E-state index in [0.717, 1.165) is 16.8 Å². The van der Waals surface area contributed by atoms with Gasteiger partial charge in [0.15, 0.2) is 17.2 Å². The van der Waals surface area contributed by atoms with Crippen LogP contribution in [0.25, 0.3) is 0 Å². The van der Waals surface area contributed by atoms with E-state index in [1.54, 1.807) is 31.3 Å². The van der Waals surface area contributed by atoms with Gasteiger partial charge in [0, 0.05) is 16.9 Å². The predicted octanol–water partition coefficient (Wildman–Crippen LogP) is 5.96. The van der Waals surface area contributed by atoms with Crippen molar-refractivity contribution in [3.05, 3.63) is 114 Å². The lowest BCUT2D eigenvalue weighted by molar-refractivity contribution is -0.136. The zero-order valence-electron chi connectivity index (χ0n) is 22.0. The molecule has 0 N–H and O–H groups in total. The summed E-state index contributed by atoms with van der Waals surface area (Å²) in [5.74, 6) is 1.87. The molecule has 6 rings (SSSR count). The van der Waals surface area contributed by atoms with Crippen molar-refractivity contribution in [3.63, 3.8) is 0 Å². The first-order valence-corrected chi connectivity index (χ1v) is 12.7. The average molecular weight is 524 g/mol. The van der Waals surface area contributed by atoms with E-state index in [1.165, 1.54) is 0 Å². The monoisotopic (exact) mass is 523 g/mol. The van der Waals surface area contributed by atoms with Gasteiger partial charge in [-0.15, -0.1) is 0 Å². The van der Waals surface area contributed by atoms with Crippen LogP contribution in [0.2, 0.25) is 0 Å². The summed E-state index contributed by atoms with van der Waals surface area (Å²) in [7, 11) is 4.85. The Labute approximate surface area is 227 Å². The van der Waals surface area contributed by atoms with Gasteiger partial charge in [0.05, 0.1) is 27.9 Å². The summed E-state index contributed by atoms with van der Waals surface area (Å²) in [6.07, 6.45) is -0.992. The van der Waals surface area contributed by atoms with E-state index < -0.39 is 17.9 Å². The number of carbonyl (C=O) groups excluding carboxylic acids is 1. The van der Waals surface area contributed by atoms with E-state index in [2.05, 4.69) is 17.0 Å². The number of carbonyl (C=O) groups is 1. The number of para-hydroxylation sites is 2. The summed E-state index contributed by atoms with van der Waals surface area (Å²) in [4.78, 5) is 23.9. The van der Waals surface area contributed by atoms with Crippen molar-refractivity contribution < 1.29 is 23.8 Å². The van der Waals surface area contributed by atoms with E-state index in [9.17, 15) is 4.79 Å². The fourth-order valence-electron chi connectivity index (χ4n) is 5.66. The van der Waals surface area contributed by atoms with Crippen LogP contribution in [0.15, 0.2) is 103 Å². The molecule has 0 unspecified atom stereocenters. The summed E-state index contributed by atoms with van der Waals surface area (Å²) >= 11 is 0. The van der Waals surface area contributed by atoms with Crippen molar-refractivity contribution >= 4 is 17.5 Å². The van der Waals surface area contributed by atoms with E-state index in [0.29, 0.717) is 29.5 Å². The van der Waals surface area contributed by atoms with Crippen molar-refractivity contribution in [2.24, 2.45) is 0 Å². The van der Waals surface area contributed by atoms with Crippen LogP contribution in [0.3, 0.4) is 0 Å². The molecule has 8 nitrogen and oxygen atoms in total. The molecule has 0 radical (unpaired) electrons. The maximum atomic E-state index is 13.8. The molecule has 0 bridgehead atoms. The van der Waals surface area contributed by atoms with Crippen LogP contribution in [0.1, 0.15) is 17.3 Å².